The first-order chi connectivity index (χ1) is 14.5. The molecule has 2 aliphatic rings. The minimum Gasteiger partial charge on any atom is -0.508 e. The molecule has 0 aromatic heterocycles. The van der Waals surface area contributed by atoms with Gasteiger partial charge in [0.15, 0.2) is 8.32 Å². The van der Waals surface area contributed by atoms with Gasteiger partial charge in [-0.05, 0) is 79.3 Å². The molecule has 1 saturated carbocycles. The van der Waals surface area contributed by atoms with Gasteiger partial charge in [0.2, 0.25) is 0 Å². The summed E-state index contributed by atoms with van der Waals surface area (Å²) in [6, 6.07) is 5.86. The van der Waals surface area contributed by atoms with Gasteiger partial charge in [-0.15, -0.1) is 0 Å². The van der Waals surface area contributed by atoms with E-state index in [1.54, 1.807) is 6.07 Å². The quantitative estimate of drug-likeness (QED) is 0.327. The van der Waals surface area contributed by atoms with Crippen LogP contribution in [-0.4, -0.2) is 25.3 Å². The molecule has 0 bridgehead atoms. The van der Waals surface area contributed by atoms with Crippen molar-refractivity contribution >= 4 is 14.1 Å². The number of fused-ring (bicyclic) bond motifs is 2. The second-order valence-corrected chi connectivity index (χ2v) is 16.4. The second kappa shape index (κ2) is 9.78. The van der Waals surface area contributed by atoms with E-state index in [-0.39, 0.29) is 17.1 Å². The first kappa shape index (κ1) is 24.5. The highest BCUT2D eigenvalue weighted by atomic mass is 28.4. The van der Waals surface area contributed by atoms with Crippen molar-refractivity contribution in [2.75, 3.05) is 0 Å². The Morgan fingerprint density at radius 3 is 2.55 bits per heavy atom. The van der Waals surface area contributed by atoms with Crippen LogP contribution in [-0.2, 0) is 22.1 Å². The summed E-state index contributed by atoms with van der Waals surface area (Å²) < 4.78 is 6.85. The third-order valence-electron chi connectivity index (χ3n) is 8.37. The van der Waals surface area contributed by atoms with Crippen molar-refractivity contribution in [1.82, 2.24) is 0 Å². The molecular weight excluding hydrogens is 400 g/mol. The Labute approximate surface area is 191 Å². The molecule has 0 unspecified atom stereocenters. The molecule has 3 rings (SSSR count). The normalized spacial score (nSPS) is 24.7. The Morgan fingerprint density at radius 2 is 1.87 bits per heavy atom. The SMILES string of the molecule is CCCCC[C@@H](CC[C@@H]1C(=O)C[C@@H]2Cc3c(O)cccc3C[C@@H]21)O[Si](C)(C)C(C)(C)C. The van der Waals surface area contributed by atoms with E-state index in [0.717, 1.165) is 37.7 Å². The van der Waals surface area contributed by atoms with Gasteiger partial charge in [0, 0.05) is 18.4 Å². The molecule has 0 radical (unpaired) electrons. The Kier molecular flexibility index (Phi) is 7.73. The van der Waals surface area contributed by atoms with E-state index >= 15 is 0 Å². The van der Waals surface area contributed by atoms with Crippen molar-refractivity contribution in [2.45, 2.75) is 110 Å². The van der Waals surface area contributed by atoms with Crippen LogP contribution in [0.25, 0.3) is 0 Å². The number of ketones is 1. The molecule has 0 amide bonds. The molecular formula is C27H44O3Si. The lowest BCUT2D eigenvalue weighted by molar-refractivity contribution is -0.121. The van der Waals surface area contributed by atoms with E-state index < -0.39 is 8.32 Å². The van der Waals surface area contributed by atoms with Crippen LogP contribution in [0.3, 0.4) is 0 Å². The fourth-order valence-corrected chi connectivity index (χ4v) is 6.87. The average Bonchev–Trinajstić information content (AvgIpc) is 2.98. The van der Waals surface area contributed by atoms with Gasteiger partial charge in [-0.2, -0.15) is 0 Å². The summed E-state index contributed by atoms with van der Waals surface area (Å²) in [5, 5.41) is 10.5. The standard InChI is InChI=1S/C27H44O3Si/c1-7-8-9-12-21(30-31(5,6)27(2,3)4)14-15-22-23-16-19-11-10-13-25(28)24(19)17-20(23)18-26(22)29/h10-11,13,20-23,28H,7-9,12,14-18H2,1-6H3/t20-,21-,22-,23-/m0/s1. The Hall–Kier alpha value is -1.13. The molecule has 0 spiro atoms. The zero-order valence-electron chi connectivity index (χ0n) is 20.7. The van der Waals surface area contributed by atoms with Crippen molar-refractivity contribution in [2.24, 2.45) is 17.8 Å². The summed E-state index contributed by atoms with van der Waals surface area (Å²) in [4.78, 5) is 13.0. The average molecular weight is 445 g/mol. The van der Waals surface area contributed by atoms with Crippen LogP contribution >= 0.6 is 0 Å². The van der Waals surface area contributed by atoms with Crippen molar-refractivity contribution in [3.8, 4) is 5.75 Å². The molecule has 3 nitrogen and oxygen atoms in total. The predicted molar refractivity (Wildman–Crippen MR) is 131 cm³/mol. The van der Waals surface area contributed by atoms with Gasteiger partial charge < -0.3 is 9.53 Å². The number of aromatic hydroxyl groups is 1. The molecule has 1 N–H and O–H groups in total. The number of hydrogen-bond donors (Lipinski definition) is 1. The molecule has 0 aliphatic heterocycles. The van der Waals surface area contributed by atoms with Crippen LogP contribution < -0.4 is 0 Å². The van der Waals surface area contributed by atoms with E-state index in [4.69, 9.17) is 4.43 Å². The van der Waals surface area contributed by atoms with Gasteiger partial charge in [-0.25, -0.2) is 0 Å². The fraction of sp³-hybridized carbons (Fsp3) is 0.741. The first-order valence-corrected chi connectivity index (χ1v) is 15.4. The minimum absolute atomic E-state index is 0.164. The summed E-state index contributed by atoms with van der Waals surface area (Å²) in [5.74, 6) is 1.86. The predicted octanol–water partition coefficient (Wildman–Crippen LogP) is 7.06. The van der Waals surface area contributed by atoms with Crippen molar-refractivity contribution < 1.29 is 14.3 Å². The number of unbranched alkanes of at least 4 members (excludes halogenated alkanes) is 2. The van der Waals surface area contributed by atoms with Crippen molar-refractivity contribution in [3.63, 3.8) is 0 Å². The van der Waals surface area contributed by atoms with Gasteiger partial charge in [0.25, 0.3) is 0 Å². The fourth-order valence-electron chi connectivity index (χ4n) is 5.44. The number of rotatable bonds is 9. The Bertz CT molecular complexity index is 764. The molecule has 1 aromatic rings. The molecule has 0 heterocycles. The van der Waals surface area contributed by atoms with Crippen LogP contribution in [0.5, 0.6) is 5.75 Å². The maximum atomic E-state index is 13.0. The maximum Gasteiger partial charge on any atom is 0.192 e. The van der Waals surface area contributed by atoms with E-state index in [2.05, 4.69) is 46.9 Å². The molecule has 4 atom stereocenters. The molecule has 31 heavy (non-hydrogen) atoms. The van der Waals surface area contributed by atoms with Gasteiger partial charge in [0.05, 0.1) is 0 Å². The zero-order valence-corrected chi connectivity index (χ0v) is 21.7. The largest absolute Gasteiger partial charge is 0.508 e. The highest BCUT2D eigenvalue weighted by molar-refractivity contribution is 6.74. The van der Waals surface area contributed by atoms with Crippen molar-refractivity contribution in [3.05, 3.63) is 29.3 Å². The van der Waals surface area contributed by atoms with Gasteiger partial charge in [0.1, 0.15) is 11.5 Å². The summed E-state index contributed by atoms with van der Waals surface area (Å²) in [6.07, 6.45) is 9.53. The Morgan fingerprint density at radius 1 is 1.13 bits per heavy atom. The molecule has 2 aliphatic carbocycles. The van der Waals surface area contributed by atoms with Crippen LogP contribution in [0.1, 0.15) is 83.8 Å². The van der Waals surface area contributed by atoms with E-state index in [1.165, 1.54) is 24.8 Å². The third-order valence-corrected chi connectivity index (χ3v) is 12.9. The molecule has 0 saturated heterocycles. The van der Waals surface area contributed by atoms with Crippen LogP contribution in [0.15, 0.2) is 18.2 Å². The molecule has 4 heteroatoms. The lowest BCUT2D eigenvalue weighted by Gasteiger charge is -2.40. The molecule has 174 valence electrons. The highest BCUT2D eigenvalue weighted by Gasteiger charge is 2.45. The topological polar surface area (TPSA) is 46.5 Å². The van der Waals surface area contributed by atoms with Gasteiger partial charge >= 0.3 is 0 Å². The monoisotopic (exact) mass is 444 g/mol. The highest BCUT2D eigenvalue weighted by Crippen LogP contribution is 2.47. The van der Waals surface area contributed by atoms with E-state index in [1.807, 2.05) is 6.07 Å². The van der Waals surface area contributed by atoms with Crippen LogP contribution in [0.2, 0.25) is 18.1 Å². The first-order valence-electron chi connectivity index (χ1n) is 12.5. The molecule has 1 aromatic carbocycles. The summed E-state index contributed by atoms with van der Waals surface area (Å²) in [6.45, 7) is 13.9. The smallest absolute Gasteiger partial charge is 0.192 e. The number of Topliss-reactive ketones (excluding diaryl/α,β-unsaturated/α-hetero) is 1. The van der Waals surface area contributed by atoms with Gasteiger partial charge in [-0.1, -0.05) is 59.1 Å². The Balaban J connectivity index is 1.68. The minimum atomic E-state index is -1.82. The number of benzene rings is 1. The number of carbonyl (C=O) groups is 1. The lowest BCUT2D eigenvalue weighted by atomic mass is 9.73. The van der Waals surface area contributed by atoms with Gasteiger partial charge in [-0.3, -0.25) is 4.79 Å². The number of phenolic OH excluding ortho intramolecular Hbond substituents is 1. The number of carbonyl (C=O) groups excluding carboxylic acids is 1. The zero-order chi connectivity index (χ0) is 22.8. The summed E-state index contributed by atoms with van der Waals surface area (Å²) >= 11 is 0. The van der Waals surface area contributed by atoms with Crippen LogP contribution in [0, 0.1) is 17.8 Å². The lowest BCUT2D eigenvalue weighted by Crippen LogP contribution is -2.44. The summed E-state index contributed by atoms with van der Waals surface area (Å²) in [7, 11) is -1.82. The van der Waals surface area contributed by atoms with E-state index in [9.17, 15) is 9.90 Å². The number of hydrogen-bond acceptors (Lipinski definition) is 3. The van der Waals surface area contributed by atoms with E-state index in [0.29, 0.717) is 29.8 Å². The third kappa shape index (κ3) is 5.62. The molecule has 1 fully saturated rings. The van der Waals surface area contributed by atoms with Crippen molar-refractivity contribution in [1.29, 1.82) is 0 Å². The van der Waals surface area contributed by atoms with Crippen LogP contribution in [0.4, 0.5) is 0 Å². The number of phenols is 1. The second-order valence-electron chi connectivity index (χ2n) is 11.6. The maximum absolute atomic E-state index is 13.0. The summed E-state index contributed by atoms with van der Waals surface area (Å²) in [5.41, 5.74) is 2.33.